The standard InChI is InChI=1S/C6H8N4/c1-6-2-7-4-9-10-5-8-3-6/h2,4-5H,3H2,1H3. The van der Waals surface area contributed by atoms with Gasteiger partial charge in [-0.3, -0.25) is 4.99 Å². The van der Waals surface area contributed by atoms with Crippen molar-refractivity contribution in [1.82, 2.24) is 0 Å². The van der Waals surface area contributed by atoms with Gasteiger partial charge in [0.2, 0.25) is 0 Å². The van der Waals surface area contributed by atoms with Crippen LogP contribution in [0.3, 0.4) is 0 Å². The highest BCUT2D eigenvalue weighted by molar-refractivity contribution is 5.61. The Morgan fingerprint density at radius 1 is 1.30 bits per heavy atom. The van der Waals surface area contributed by atoms with Crippen LogP contribution >= 0.6 is 0 Å². The van der Waals surface area contributed by atoms with Crippen molar-refractivity contribution in [3.05, 3.63) is 11.8 Å². The van der Waals surface area contributed by atoms with Gasteiger partial charge in [-0.05, 0) is 12.5 Å². The third-order valence-electron chi connectivity index (χ3n) is 0.954. The minimum absolute atomic E-state index is 0.649. The molecule has 0 aliphatic carbocycles. The van der Waals surface area contributed by atoms with Crippen molar-refractivity contribution < 1.29 is 0 Å². The second kappa shape index (κ2) is 3.66. The van der Waals surface area contributed by atoms with E-state index in [4.69, 9.17) is 0 Å². The van der Waals surface area contributed by atoms with E-state index in [0.717, 1.165) is 5.57 Å². The molecule has 4 heteroatoms. The molecule has 0 aromatic rings. The van der Waals surface area contributed by atoms with Gasteiger partial charge in [0.15, 0.2) is 0 Å². The molecule has 0 saturated heterocycles. The molecule has 0 aromatic carbocycles. The summed E-state index contributed by atoms with van der Waals surface area (Å²) in [4.78, 5) is 7.78. The summed E-state index contributed by atoms with van der Waals surface area (Å²) in [6, 6.07) is 0. The van der Waals surface area contributed by atoms with Crippen molar-refractivity contribution in [1.29, 1.82) is 0 Å². The van der Waals surface area contributed by atoms with Crippen LogP contribution in [0.2, 0.25) is 0 Å². The van der Waals surface area contributed by atoms with E-state index in [1.54, 1.807) is 6.20 Å². The van der Waals surface area contributed by atoms with Gasteiger partial charge in [-0.1, -0.05) is 0 Å². The van der Waals surface area contributed by atoms with Gasteiger partial charge in [-0.15, -0.1) is 10.2 Å². The van der Waals surface area contributed by atoms with E-state index >= 15 is 0 Å². The Hall–Kier alpha value is -1.32. The van der Waals surface area contributed by atoms with Gasteiger partial charge < -0.3 is 0 Å². The number of hydrogen-bond donors (Lipinski definition) is 0. The van der Waals surface area contributed by atoms with Crippen LogP contribution in [0, 0.1) is 0 Å². The number of nitrogens with zero attached hydrogens (tertiary/aromatic N) is 4. The molecule has 1 rings (SSSR count). The number of hydrogen-bond acceptors (Lipinski definition) is 4. The fourth-order valence-electron chi connectivity index (χ4n) is 0.512. The molecule has 0 bridgehead atoms. The number of aliphatic imine (C=N–C) groups is 2. The summed E-state index contributed by atoms with van der Waals surface area (Å²) < 4.78 is 0. The Morgan fingerprint density at radius 3 is 3.00 bits per heavy atom. The molecule has 1 aliphatic heterocycles. The minimum atomic E-state index is 0.649. The van der Waals surface area contributed by atoms with E-state index in [0.29, 0.717) is 6.54 Å². The average Bonchev–Trinajstić information content (AvgIpc) is 2.02. The maximum atomic E-state index is 3.94. The normalized spacial score (nSPS) is 17.5. The summed E-state index contributed by atoms with van der Waals surface area (Å²) in [5, 5.41) is 7.14. The second-order valence-corrected chi connectivity index (χ2v) is 1.93. The summed E-state index contributed by atoms with van der Waals surface area (Å²) in [7, 11) is 0. The lowest BCUT2D eigenvalue weighted by Gasteiger charge is -1.87. The molecule has 0 unspecified atom stereocenters. The summed E-state index contributed by atoms with van der Waals surface area (Å²) in [6.45, 7) is 2.61. The Balaban J connectivity index is 2.70. The van der Waals surface area contributed by atoms with Gasteiger partial charge in [-0.25, -0.2) is 4.99 Å². The van der Waals surface area contributed by atoms with E-state index in [1.807, 2.05) is 6.92 Å². The van der Waals surface area contributed by atoms with E-state index in [-0.39, 0.29) is 0 Å². The van der Waals surface area contributed by atoms with Crippen molar-refractivity contribution in [2.24, 2.45) is 20.2 Å². The van der Waals surface area contributed by atoms with Crippen LogP contribution in [0.5, 0.6) is 0 Å². The van der Waals surface area contributed by atoms with Gasteiger partial charge in [0.05, 0.1) is 6.54 Å². The fraction of sp³-hybridized carbons (Fsp3) is 0.333. The summed E-state index contributed by atoms with van der Waals surface area (Å²) in [6.07, 6.45) is 4.54. The zero-order valence-electron chi connectivity index (χ0n) is 5.73. The molecule has 0 radical (unpaired) electrons. The molecular weight excluding hydrogens is 128 g/mol. The topological polar surface area (TPSA) is 49.4 Å². The van der Waals surface area contributed by atoms with E-state index in [9.17, 15) is 0 Å². The highest BCUT2D eigenvalue weighted by atomic mass is 15.1. The third-order valence-corrected chi connectivity index (χ3v) is 0.954. The number of rotatable bonds is 0. The van der Waals surface area contributed by atoms with Gasteiger partial charge >= 0.3 is 0 Å². The minimum Gasteiger partial charge on any atom is -0.267 e. The van der Waals surface area contributed by atoms with Gasteiger partial charge in [0, 0.05) is 6.20 Å². The predicted molar refractivity (Wildman–Crippen MR) is 40.5 cm³/mol. The van der Waals surface area contributed by atoms with Crippen molar-refractivity contribution in [2.45, 2.75) is 6.92 Å². The molecule has 1 aliphatic rings. The third kappa shape index (κ3) is 2.30. The van der Waals surface area contributed by atoms with Crippen LogP contribution in [0.25, 0.3) is 0 Å². The maximum absolute atomic E-state index is 3.94. The van der Waals surface area contributed by atoms with Crippen LogP contribution in [-0.4, -0.2) is 19.2 Å². The zero-order valence-corrected chi connectivity index (χ0v) is 5.73. The molecule has 4 nitrogen and oxygen atoms in total. The Labute approximate surface area is 59.1 Å². The molecule has 10 heavy (non-hydrogen) atoms. The summed E-state index contributed by atoms with van der Waals surface area (Å²) in [5.74, 6) is 0. The molecule has 52 valence electrons. The van der Waals surface area contributed by atoms with Gasteiger partial charge in [-0.2, -0.15) is 0 Å². The SMILES string of the molecule is CC1=CN=CN=NC=NC1. The van der Waals surface area contributed by atoms with Crippen LogP contribution < -0.4 is 0 Å². The fourth-order valence-corrected chi connectivity index (χ4v) is 0.512. The van der Waals surface area contributed by atoms with E-state index < -0.39 is 0 Å². The maximum Gasteiger partial charge on any atom is 0.138 e. The van der Waals surface area contributed by atoms with E-state index in [1.165, 1.54) is 12.7 Å². The predicted octanol–water partition coefficient (Wildman–Crippen LogP) is 1.41. The first-order valence-corrected chi connectivity index (χ1v) is 2.95. The first kappa shape index (κ1) is 6.80. The van der Waals surface area contributed by atoms with Crippen molar-refractivity contribution in [2.75, 3.05) is 6.54 Å². The van der Waals surface area contributed by atoms with Crippen molar-refractivity contribution in [3.8, 4) is 0 Å². The molecular formula is C6H8N4. The van der Waals surface area contributed by atoms with Gasteiger partial charge in [0.1, 0.15) is 12.7 Å². The molecule has 0 N–H and O–H groups in total. The molecule has 0 saturated carbocycles. The van der Waals surface area contributed by atoms with Crippen LogP contribution in [0.4, 0.5) is 0 Å². The number of azo groups is 1. The molecule has 0 amide bonds. The van der Waals surface area contributed by atoms with Gasteiger partial charge in [0.25, 0.3) is 0 Å². The second-order valence-electron chi connectivity index (χ2n) is 1.93. The zero-order chi connectivity index (χ0) is 7.23. The summed E-state index contributed by atoms with van der Waals surface area (Å²) in [5.41, 5.74) is 1.10. The molecule has 0 spiro atoms. The largest absolute Gasteiger partial charge is 0.267 e. The Morgan fingerprint density at radius 2 is 2.10 bits per heavy atom. The Kier molecular flexibility index (Phi) is 2.49. The van der Waals surface area contributed by atoms with E-state index in [2.05, 4.69) is 20.2 Å². The van der Waals surface area contributed by atoms with Crippen molar-refractivity contribution >= 4 is 12.7 Å². The molecule has 1 heterocycles. The quantitative estimate of drug-likeness (QED) is 0.483. The monoisotopic (exact) mass is 136 g/mol. The lowest BCUT2D eigenvalue weighted by atomic mass is 10.3. The molecule has 0 fully saturated rings. The lowest BCUT2D eigenvalue weighted by Crippen LogP contribution is -1.80. The first-order chi connectivity index (χ1) is 4.89. The highest BCUT2D eigenvalue weighted by Crippen LogP contribution is 1.93. The van der Waals surface area contributed by atoms with Crippen LogP contribution in [0.1, 0.15) is 6.92 Å². The smallest absolute Gasteiger partial charge is 0.138 e. The van der Waals surface area contributed by atoms with Crippen LogP contribution in [0.15, 0.2) is 32.0 Å². The average molecular weight is 136 g/mol. The molecule has 0 aromatic heterocycles. The van der Waals surface area contributed by atoms with Crippen molar-refractivity contribution in [3.63, 3.8) is 0 Å². The summed E-state index contributed by atoms with van der Waals surface area (Å²) >= 11 is 0. The first-order valence-electron chi connectivity index (χ1n) is 2.95. The Bertz CT molecular complexity index is 212. The lowest BCUT2D eigenvalue weighted by molar-refractivity contribution is 1.13. The molecule has 0 atom stereocenters. The highest BCUT2D eigenvalue weighted by Gasteiger charge is 1.84. The van der Waals surface area contributed by atoms with Crippen LogP contribution in [-0.2, 0) is 0 Å².